The van der Waals surface area contributed by atoms with Gasteiger partial charge in [-0.25, -0.2) is 0 Å². The highest BCUT2D eigenvalue weighted by molar-refractivity contribution is 6.09. The minimum atomic E-state index is -0.396. The van der Waals surface area contributed by atoms with Crippen LogP contribution in [0, 0.1) is 11.8 Å². The van der Waals surface area contributed by atoms with E-state index in [9.17, 15) is 0 Å². The summed E-state index contributed by atoms with van der Waals surface area (Å²) < 4.78 is 2.39. The fraction of sp³-hybridized carbons (Fsp3) is 0.108. The van der Waals surface area contributed by atoms with Crippen molar-refractivity contribution in [2.24, 2.45) is 11.8 Å². The van der Waals surface area contributed by atoms with Crippen molar-refractivity contribution < 1.29 is 0 Å². The van der Waals surface area contributed by atoms with Gasteiger partial charge in [-0.05, 0) is 116 Å². The molecule has 3 atom stereocenters. The van der Waals surface area contributed by atoms with Crippen molar-refractivity contribution in [2.45, 2.75) is 31.6 Å². The van der Waals surface area contributed by atoms with Crippen molar-refractivity contribution in [1.29, 1.82) is 0 Å². The molecule has 0 aliphatic heterocycles. The molecule has 2 heteroatoms. The Labute approximate surface area is 393 Å². The smallest absolute Gasteiger partial charge is 0.0543 e. The number of hydrogen-bond donors (Lipinski definition) is 0. The standard InChI is InChI=1S/C65H50N2/c1-43-18-7-12-25-55(43)65(46-19-5-4-6-20-46)57-27-14-9-24-54(57)63-58(65)28-17-31-62(63)66(49-40-41-51-50-21-8-13-26-56(50)64(2,3)59(51)42-49)47-36-32-44(33-37-47)45-34-38-48(39-35-45)67-60-29-15-10-22-52(60)53-23-11-16-30-61(53)67/h4-43,55H,1-3H3. The molecule has 0 spiro atoms. The van der Waals surface area contributed by atoms with E-state index in [0.29, 0.717) is 5.92 Å². The van der Waals surface area contributed by atoms with Crippen molar-refractivity contribution >= 4 is 38.9 Å². The molecule has 0 fully saturated rings. The zero-order valence-corrected chi connectivity index (χ0v) is 38.1. The Hall–Kier alpha value is -7.94. The maximum atomic E-state index is 2.53. The number of para-hydroxylation sites is 2. The lowest BCUT2D eigenvalue weighted by Crippen LogP contribution is -2.38. The Kier molecular flexibility index (Phi) is 8.86. The minimum absolute atomic E-state index is 0.145. The minimum Gasteiger partial charge on any atom is -0.310 e. The van der Waals surface area contributed by atoms with Gasteiger partial charge in [-0.3, -0.25) is 0 Å². The first kappa shape index (κ1) is 39.4. The summed E-state index contributed by atoms with van der Waals surface area (Å²) >= 11 is 0. The van der Waals surface area contributed by atoms with Crippen molar-refractivity contribution in [2.75, 3.05) is 4.90 Å². The lowest BCUT2D eigenvalue weighted by Gasteiger charge is -2.42. The van der Waals surface area contributed by atoms with Gasteiger partial charge in [0.1, 0.15) is 0 Å². The molecule has 3 aliphatic carbocycles. The molecule has 3 aliphatic rings. The SMILES string of the molecule is CC1C=CC=CC1C1(c2ccccc2)c2ccccc2-c2c(N(c3ccc(-c4ccc(-n5c6ccccc6c6ccccc65)cc4)cc3)c3ccc4c(c3)C(C)(C)c3ccccc3-4)cccc21. The van der Waals surface area contributed by atoms with Crippen molar-refractivity contribution in [1.82, 2.24) is 4.57 Å². The van der Waals surface area contributed by atoms with Gasteiger partial charge in [0, 0.05) is 44.7 Å². The van der Waals surface area contributed by atoms with Crippen LogP contribution in [0.3, 0.4) is 0 Å². The summed E-state index contributed by atoms with van der Waals surface area (Å²) in [5.41, 5.74) is 20.9. The lowest BCUT2D eigenvalue weighted by molar-refractivity contribution is 0.374. The van der Waals surface area contributed by atoms with Crippen LogP contribution in [0.4, 0.5) is 17.1 Å². The van der Waals surface area contributed by atoms with Gasteiger partial charge in [0.2, 0.25) is 0 Å². The van der Waals surface area contributed by atoms with E-state index in [1.807, 2.05) is 0 Å². The first-order valence-electron chi connectivity index (χ1n) is 23.8. The van der Waals surface area contributed by atoms with Crippen LogP contribution in [0.15, 0.2) is 237 Å². The average Bonchev–Trinajstić information content (AvgIpc) is 3.96. The molecule has 0 radical (unpaired) electrons. The molecule has 3 unspecified atom stereocenters. The summed E-state index contributed by atoms with van der Waals surface area (Å²) in [6.07, 6.45) is 9.32. The Morgan fingerprint density at radius 3 is 1.73 bits per heavy atom. The quantitative estimate of drug-likeness (QED) is 0.155. The highest BCUT2D eigenvalue weighted by atomic mass is 15.1. The van der Waals surface area contributed by atoms with Gasteiger partial charge in [0.05, 0.1) is 22.1 Å². The summed E-state index contributed by atoms with van der Waals surface area (Å²) in [6, 6.07) is 79.4. The summed E-state index contributed by atoms with van der Waals surface area (Å²) in [5.74, 6) is 0.541. The van der Waals surface area contributed by atoms with E-state index >= 15 is 0 Å². The first-order chi connectivity index (χ1) is 32.9. The second kappa shape index (κ2) is 15.1. The van der Waals surface area contributed by atoms with Crippen LogP contribution in [0.1, 0.15) is 48.6 Å². The number of nitrogens with zero attached hydrogens (tertiary/aromatic N) is 2. The molecule has 10 aromatic rings. The van der Waals surface area contributed by atoms with E-state index in [1.54, 1.807) is 0 Å². The number of rotatable bonds is 7. The first-order valence-corrected chi connectivity index (χ1v) is 23.8. The van der Waals surface area contributed by atoms with Crippen LogP contribution >= 0.6 is 0 Å². The van der Waals surface area contributed by atoms with Crippen LogP contribution in [0.25, 0.3) is 60.9 Å². The zero-order chi connectivity index (χ0) is 44.9. The average molecular weight is 859 g/mol. The van der Waals surface area contributed by atoms with Crippen molar-refractivity contribution in [3.05, 3.63) is 264 Å². The van der Waals surface area contributed by atoms with Crippen LogP contribution in [-0.2, 0) is 10.8 Å². The number of aromatic nitrogens is 1. The number of fused-ring (bicyclic) bond motifs is 9. The second-order valence-corrected chi connectivity index (χ2v) is 19.3. The second-order valence-electron chi connectivity index (χ2n) is 19.3. The van der Waals surface area contributed by atoms with Gasteiger partial charge >= 0.3 is 0 Å². The Morgan fingerprint density at radius 1 is 0.448 bits per heavy atom. The highest BCUT2D eigenvalue weighted by Crippen LogP contribution is 2.62. The molecule has 0 bridgehead atoms. The molecule has 0 saturated carbocycles. The molecule has 9 aromatic carbocycles. The lowest BCUT2D eigenvalue weighted by atomic mass is 9.60. The number of anilines is 3. The highest BCUT2D eigenvalue weighted by Gasteiger charge is 2.51. The maximum Gasteiger partial charge on any atom is 0.0543 e. The number of hydrogen-bond acceptors (Lipinski definition) is 1. The van der Waals surface area contributed by atoms with E-state index < -0.39 is 5.41 Å². The van der Waals surface area contributed by atoms with Crippen LogP contribution in [0.2, 0.25) is 0 Å². The van der Waals surface area contributed by atoms with Crippen molar-refractivity contribution in [3.63, 3.8) is 0 Å². The third-order valence-corrected chi connectivity index (χ3v) is 15.5. The van der Waals surface area contributed by atoms with Gasteiger partial charge < -0.3 is 9.47 Å². The topological polar surface area (TPSA) is 8.17 Å². The van der Waals surface area contributed by atoms with Crippen LogP contribution < -0.4 is 4.90 Å². The van der Waals surface area contributed by atoms with E-state index in [1.165, 1.54) is 88.7 Å². The van der Waals surface area contributed by atoms with Crippen LogP contribution in [0.5, 0.6) is 0 Å². The Balaban J connectivity index is 0.981. The van der Waals surface area contributed by atoms with Crippen molar-refractivity contribution in [3.8, 4) is 39.1 Å². The van der Waals surface area contributed by atoms with E-state index in [4.69, 9.17) is 0 Å². The third kappa shape index (κ3) is 5.76. The molecule has 0 N–H and O–H groups in total. The summed E-state index contributed by atoms with van der Waals surface area (Å²) in [4.78, 5) is 2.53. The summed E-state index contributed by atoms with van der Waals surface area (Å²) in [5, 5.41) is 2.55. The van der Waals surface area contributed by atoms with Gasteiger partial charge in [-0.1, -0.05) is 203 Å². The van der Waals surface area contributed by atoms with E-state index in [-0.39, 0.29) is 11.3 Å². The molecule has 1 aromatic heterocycles. The fourth-order valence-corrected chi connectivity index (χ4v) is 12.4. The zero-order valence-electron chi connectivity index (χ0n) is 38.1. The monoisotopic (exact) mass is 858 g/mol. The molecule has 67 heavy (non-hydrogen) atoms. The fourth-order valence-electron chi connectivity index (χ4n) is 12.4. The predicted molar refractivity (Wildman–Crippen MR) is 281 cm³/mol. The number of benzene rings is 9. The Morgan fingerprint density at radius 2 is 1.01 bits per heavy atom. The molecule has 2 nitrogen and oxygen atoms in total. The maximum absolute atomic E-state index is 2.53. The molecule has 0 saturated heterocycles. The summed E-state index contributed by atoms with van der Waals surface area (Å²) in [7, 11) is 0. The normalized spacial score (nSPS) is 18.4. The summed E-state index contributed by atoms with van der Waals surface area (Å²) in [6.45, 7) is 7.14. The predicted octanol–water partition coefficient (Wildman–Crippen LogP) is 16.9. The third-order valence-electron chi connectivity index (χ3n) is 15.5. The molecular weight excluding hydrogens is 809 g/mol. The largest absolute Gasteiger partial charge is 0.310 e. The molecule has 0 amide bonds. The van der Waals surface area contributed by atoms with E-state index in [0.717, 1.165) is 17.1 Å². The van der Waals surface area contributed by atoms with Crippen LogP contribution in [-0.4, -0.2) is 4.57 Å². The Bertz CT molecular complexity index is 3570. The molecule has 320 valence electrons. The van der Waals surface area contributed by atoms with Gasteiger partial charge in [-0.2, -0.15) is 0 Å². The van der Waals surface area contributed by atoms with Gasteiger partial charge in [-0.15, -0.1) is 0 Å². The molecule has 13 rings (SSSR count). The van der Waals surface area contributed by atoms with Gasteiger partial charge in [0.15, 0.2) is 0 Å². The number of allylic oxidation sites excluding steroid dienone is 4. The molecule has 1 heterocycles. The molecular formula is C65H50N2. The van der Waals surface area contributed by atoms with Gasteiger partial charge in [0.25, 0.3) is 0 Å². The van der Waals surface area contributed by atoms with E-state index in [2.05, 4.69) is 267 Å².